The monoisotopic (exact) mass is 324 g/mol. The molecule has 0 fully saturated rings. The Labute approximate surface area is 106 Å². The molecule has 0 aliphatic carbocycles. The highest BCUT2D eigenvalue weighted by atomic mass is 79.9. The van der Waals surface area contributed by atoms with Crippen molar-refractivity contribution in [2.75, 3.05) is 0 Å². The van der Waals surface area contributed by atoms with Crippen LogP contribution in [0, 0.1) is 12.7 Å². The summed E-state index contributed by atoms with van der Waals surface area (Å²) in [7, 11) is 0. The minimum absolute atomic E-state index is 0.0434. The van der Waals surface area contributed by atoms with Crippen LogP contribution in [0.2, 0.25) is 0 Å². The summed E-state index contributed by atoms with van der Waals surface area (Å²) in [5.74, 6) is -1.51. The molecule has 2 aromatic rings. The number of hydrogen-bond donors (Lipinski definition) is 1. The highest BCUT2D eigenvalue weighted by Crippen LogP contribution is 2.38. The Bertz CT molecular complexity index is 693. The molecule has 8 heteroatoms. The van der Waals surface area contributed by atoms with Crippen LogP contribution in [0.15, 0.2) is 15.3 Å². The van der Waals surface area contributed by atoms with E-state index in [4.69, 9.17) is 0 Å². The van der Waals surface area contributed by atoms with E-state index in [1.807, 2.05) is 0 Å². The molecule has 0 saturated carbocycles. The molecule has 0 bridgehead atoms. The molecule has 0 aliphatic heterocycles. The first-order chi connectivity index (χ1) is 8.21. The number of rotatable bonds is 0. The molecule has 1 heterocycles. The Morgan fingerprint density at radius 2 is 2.00 bits per heavy atom. The van der Waals surface area contributed by atoms with E-state index < -0.39 is 33.1 Å². The summed E-state index contributed by atoms with van der Waals surface area (Å²) in [4.78, 5) is 17.4. The van der Waals surface area contributed by atoms with E-state index in [0.29, 0.717) is 0 Å². The van der Waals surface area contributed by atoms with Crippen molar-refractivity contribution in [3.05, 3.63) is 38.1 Å². The van der Waals surface area contributed by atoms with Crippen molar-refractivity contribution in [3.8, 4) is 0 Å². The fourth-order valence-corrected chi connectivity index (χ4v) is 2.21. The molecule has 0 aliphatic rings. The molecule has 1 N–H and O–H groups in total. The molecule has 0 amide bonds. The van der Waals surface area contributed by atoms with Crippen LogP contribution in [0.5, 0.6) is 0 Å². The average molecular weight is 325 g/mol. The number of nitrogens with one attached hydrogen (secondary N) is 1. The molecule has 3 nitrogen and oxygen atoms in total. The fourth-order valence-electron chi connectivity index (χ4n) is 1.58. The summed E-state index contributed by atoms with van der Waals surface area (Å²) < 4.78 is 51.3. The molecule has 18 heavy (non-hydrogen) atoms. The maximum absolute atomic E-state index is 13.8. The smallest absolute Gasteiger partial charge is 0.310 e. The number of halogens is 5. The third-order valence-corrected chi connectivity index (χ3v) is 2.92. The van der Waals surface area contributed by atoms with Gasteiger partial charge in [-0.05, 0) is 13.0 Å². The first kappa shape index (κ1) is 13.0. The molecule has 0 radical (unpaired) electrons. The van der Waals surface area contributed by atoms with E-state index in [9.17, 15) is 22.4 Å². The van der Waals surface area contributed by atoms with Gasteiger partial charge in [-0.25, -0.2) is 9.37 Å². The molecular weight excluding hydrogens is 320 g/mol. The van der Waals surface area contributed by atoms with Crippen molar-refractivity contribution >= 4 is 26.8 Å². The van der Waals surface area contributed by atoms with Crippen LogP contribution in [0.4, 0.5) is 17.6 Å². The molecular formula is C10H5BrF4N2O. The third kappa shape index (κ3) is 2.00. The van der Waals surface area contributed by atoms with E-state index in [-0.39, 0.29) is 11.2 Å². The van der Waals surface area contributed by atoms with Gasteiger partial charge in [0.2, 0.25) is 0 Å². The second-order valence-electron chi connectivity index (χ2n) is 3.59. The zero-order chi connectivity index (χ0) is 13.7. The third-order valence-electron chi connectivity index (χ3n) is 2.29. The standard InChI is InChI=1S/C10H5BrF4N2O/c1-3-16-8-4(9(18)17-3)2-5(11)6(7(8)12)10(13,14)15/h2H,1H3,(H,16,17,18). The van der Waals surface area contributed by atoms with Crippen LogP contribution < -0.4 is 5.56 Å². The highest BCUT2D eigenvalue weighted by Gasteiger charge is 2.38. The van der Waals surface area contributed by atoms with Gasteiger partial charge < -0.3 is 4.98 Å². The van der Waals surface area contributed by atoms with Gasteiger partial charge in [0, 0.05) is 4.47 Å². The van der Waals surface area contributed by atoms with Crippen LogP contribution in [0.3, 0.4) is 0 Å². The number of fused-ring (bicyclic) bond motifs is 1. The van der Waals surface area contributed by atoms with Gasteiger partial charge in [0.15, 0.2) is 5.82 Å². The van der Waals surface area contributed by atoms with Gasteiger partial charge in [0.25, 0.3) is 5.56 Å². The van der Waals surface area contributed by atoms with Crippen molar-refractivity contribution in [2.45, 2.75) is 13.1 Å². The van der Waals surface area contributed by atoms with Crippen LogP contribution in [0.25, 0.3) is 10.9 Å². The van der Waals surface area contributed by atoms with E-state index in [2.05, 4.69) is 25.9 Å². The summed E-state index contributed by atoms with van der Waals surface area (Å²) in [6.07, 6.45) is -4.87. The first-order valence-corrected chi connectivity index (χ1v) is 5.47. The highest BCUT2D eigenvalue weighted by molar-refractivity contribution is 9.10. The predicted octanol–water partition coefficient (Wildman–Crippen LogP) is 3.15. The number of aryl methyl sites for hydroxylation is 1. The lowest BCUT2D eigenvalue weighted by Crippen LogP contribution is -2.15. The predicted molar refractivity (Wildman–Crippen MR) is 59.8 cm³/mol. The summed E-state index contributed by atoms with van der Waals surface area (Å²) in [5, 5.41) is -0.238. The average Bonchev–Trinajstić information content (AvgIpc) is 2.18. The maximum Gasteiger partial charge on any atom is 0.420 e. The second kappa shape index (κ2) is 4.04. The lowest BCUT2D eigenvalue weighted by Gasteiger charge is -2.11. The van der Waals surface area contributed by atoms with Crippen LogP contribution in [-0.4, -0.2) is 9.97 Å². The molecule has 1 aromatic carbocycles. The number of H-pyrrole nitrogens is 1. The number of nitrogens with zero attached hydrogens (tertiary/aromatic N) is 1. The van der Waals surface area contributed by atoms with E-state index in [1.165, 1.54) is 6.92 Å². The largest absolute Gasteiger partial charge is 0.420 e. The number of benzene rings is 1. The minimum Gasteiger partial charge on any atom is -0.310 e. The van der Waals surface area contributed by atoms with E-state index in [0.717, 1.165) is 6.07 Å². The molecule has 0 saturated heterocycles. The number of aromatic nitrogens is 2. The molecule has 96 valence electrons. The van der Waals surface area contributed by atoms with Crippen LogP contribution in [-0.2, 0) is 6.18 Å². The van der Waals surface area contributed by atoms with Gasteiger partial charge in [-0.1, -0.05) is 15.9 Å². The van der Waals surface area contributed by atoms with Gasteiger partial charge in [0.05, 0.1) is 5.39 Å². The number of aromatic amines is 1. The van der Waals surface area contributed by atoms with Gasteiger partial charge in [-0.2, -0.15) is 13.2 Å². The van der Waals surface area contributed by atoms with Gasteiger partial charge >= 0.3 is 6.18 Å². The topological polar surface area (TPSA) is 45.8 Å². The molecule has 2 rings (SSSR count). The minimum atomic E-state index is -4.87. The molecule has 0 unspecified atom stereocenters. The number of hydrogen-bond acceptors (Lipinski definition) is 2. The maximum atomic E-state index is 13.8. The lowest BCUT2D eigenvalue weighted by molar-refractivity contribution is -0.140. The van der Waals surface area contributed by atoms with Gasteiger partial charge in [-0.3, -0.25) is 4.79 Å². The summed E-state index contributed by atoms with van der Waals surface area (Å²) in [6, 6.07) is 0.909. The zero-order valence-electron chi connectivity index (χ0n) is 8.82. The van der Waals surface area contributed by atoms with Crippen molar-refractivity contribution in [1.82, 2.24) is 9.97 Å². The Morgan fingerprint density at radius 1 is 1.39 bits per heavy atom. The Balaban J connectivity index is 2.99. The van der Waals surface area contributed by atoms with Gasteiger partial charge in [-0.15, -0.1) is 0 Å². The van der Waals surface area contributed by atoms with Crippen molar-refractivity contribution in [3.63, 3.8) is 0 Å². The van der Waals surface area contributed by atoms with Crippen LogP contribution in [0.1, 0.15) is 11.4 Å². The Hall–Kier alpha value is -1.44. The van der Waals surface area contributed by atoms with Crippen LogP contribution >= 0.6 is 15.9 Å². The van der Waals surface area contributed by atoms with Crippen molar-refractivity contribution in [2.24, 2.45) is 0 Å². The zero-order valence-corrected chi connectivity index (χ0v) is 10.4. The van der Waals surface area contributed by atoms with Crippen molar-refractivity contribution < 1.29 is 17.6 Å². The van der Waals surface area contributed by atoms with Crippen molar-refractivity contribution in [1.29, 1.82) is 0 Å². The number of alkyl halides is 3. The van der Waals surface area contributed by atoms with E-state index in [1.54, 1.807) is 0 Å². The normalized spacial score (nSPS) is 12.1. The summed E-state index contributed by atoms with van der Waals surface area (Å²) in [6.45, 7) is 1.36. The second-order valence-corrected chi connectivity index (χ2v) is 4.45. The summed E-state index contributed by atoms with van der Waals surface area (Å²) >= 11 is 2.62. The quantitative estimate of drug-likeness (QED) is 0.757. The van der Waals surface area contributed by atoms with Gasteiger partial charge in [0.1, 0.15) is 16.9 Å². The SMILES string of the molecule is Cc1nc2c(F)c(C(F)(F)F)c(Br)cc2c(=O)[nH]1. The molecule has 1 aromatic heterocycles. The summed E-state index contributed by atoms with van der Waals surface area (Å²) in [5.41, 5.74) is -2.75. The fraction of sp³-hybridized carbons (Fsp3) is 0.200. The molecule has 0 atom stereocenters. The lowest BCUT2D eigenvalue weighted by atomic mass is 10.1. The Kier molecular flexibility index (Phi) is 2.92. The first-order valence-electron chi connectivity index (χ1n) is 4.67. The van der Waals surface area contributed by atoms with E-state index >= 15 is 0 Å². The Morgan fingerprint density at radius 3 is 2.56 bits per heavy atom. The molecule has 0 spiro atoms.